The minimum atomic E-state index is -0.407. The zero-order valence-corrected chi connectivity index (χ0v) is 20.9. The first-order valence-corrected chi connectivity index (χ1v) is 11.7. The molecule has 0 saturated carbocycles. The minimum absolute atomic E-state index is 0.180. The van der Waals surface area contributed by atoms with Crippen molar-refractivity contribution in [2.75, 3.05) is 20.3 Å². The van der Waals surface area contributed by atoms with Crippen molar-refractivity contribution < 1.29 is 28.5 Å². The molecule has 10 heteroatoms. The Labute approximate surface area is 218 Å². The Hall–Kier alpha value is -3.75. The molecule has 0 fully saturated rings. The Morgan fingerprint density at radius 1 is 0.917 bits per heavy atom. The van der Waals surface area contributed by atoms with Crippen molar-refractivity contribution in [3.8, 4) is 23.0 Å². The van der Waals surface area contributed by atoms with Crippen LogP contribution in [-0.2, 0) is 9.59 Å². The third-order valence-corrected chi connectivity index (χ3v) is 5.15. The van der Waals surface area contributed by atoms with Gasteiger partial charge in [-0.05, 0) is 78.7 Å². The smallest absolute Gasteiger partial charge is 0.311 e. The van der Waals surface area contributed by atoms with E-state index in [1.54, 1.807) is 73.8 Å². The average molecular weight is 531 g/mol. The largest absolute Gasteiger partial charge is 0.497 e. The highest BCUT2D eigenvalue weighted by Gasteiger charge is 2.07. The second-order valence-electron chi connectivity index (χ2n) is 7.33. The molecule has 3 aromatic carbocycles. The van der Waals surface area contributed by atoms with Gasteiger partial charge in [0.2, 0.25) is 0 Å². The topological polar surface area (TPSA) is 95.5 Å². The summed E-state index contributed by atoms with van der Waals surface area (Å²) in [7, 11) is 1.57. The summed E-state index contributed by atoms with van der Waals surface area (Å²) in [6.45, 7) is 0.124. The molecule has 3 rings (SSSR count). The number of methoxy groups -OCH3 is 1. The van der Waals surface area contributed by atoms with Gasteiger partial charge in [-0.25, -0.2) is 5.43 Å². The number of nitrogens with one attached hydrogen (secondary N) is 1. The molecule has 0 unspecified atom stereocenters. The van der Waals surface area contributed by atoms with Gasteiger partial charge in [0, 0.05) is 11.4 Å². The number of esters is 1. The number of carbonyl (C=O) groups is 2. The van der Waals surface area contributed by atoms with Crippen molar-refractivity contribution in [2.45, 2.75) is 12.8 Å². The van der Waals surface area contributed by atoms with Gasteiger partial charge in [0.15, 0.2) is 6.61 Å². The van der Waals surface area contributed by atoms with E-state index in [9.17, 15) is 9.59 Å². The molecular formula is C26H24Cl2N2O6. The molecule has 0 bridgehead atoms. The summed E-state index contributed by atoms with van der Waals surface area (Å²) >= 11 is 11.9. The quantitative estimate of drug-likeness (QED) is 0.112. The van der Waals surface area contributed by atoms with Gasteiger partial charge < -0.3 is 18.9 Å². The molecule has 0 aliphatic heterocycles. The van der Waals surface area contributed by atoms with Crippen LogP contribution in [-0.4, -0.2) is 38.4 Å². The molecule has 0 aliphatic carbocycles. The van der Waals surface area contributed by atoms with Gasteiger partial charge in [-0.3, -0.25) is 9.59 Å². The molecule has 0 atom stereocenters. The van der Waals surface area contributed by atoms with E-state index in [0.717, 1.165) is 0 Å². The number of nitrogens with zero attached hydrogens (tertiary/aromatic N) is 1. The first-order chi connectivity index (χ1) is 17.4. The zero-order chi connectivity index (χ0) is 25.8. The standard InChI is InChI=1S/C26H24Cl2N2O6/c1-33-20-9-11-21(12-10-20)35-17-25(31)30-29-16-18-4-7-22(8-5-18)36-26(32)3-2-14-34-24-13-6-19(27)15-23(24)28/h4-13,15-16H,2-3,14,17H2,1H3,(H,30,31)/b29-16+. The zero-order valence-electron chi connectivity index (χ0n) is 19.4. The van der Waals surface area contributed by atoms with Crippen LogP contribution in [0.3, 0.4) is 0 Å². The normalized spacial score (nSPS) is 10.6. The van der Waals surface area contributed by atoms with Gasteiger partial charge in [0.05, 0.1) is 25.0 Å². The first-order valence-electron chi connectivity index (χ1n) is 10.9. The Morgan fingerprint density at radius 3 is 2.31 bits per heavy atom. The number of hydrazone groups is 1. The maximum absolute atomic E-state index is 12.1. The highest BCUT2D eigenvalue weighted by Crippen LogP contribution is 2.27. The number of rotatable bonds is 12. The summed E-state index contributed by atoms with van der Waals surface area (Å²) in [4.78, 5) is 23.9. The van der Waals surface area contributed by atoms with Crippen LogP contribution in [0.25, 0.3) is 0 Å². The number of hydrogen-bond donors (Lipinski definition) is 1. The maximum atomic E-state index is 12.1. The van der Waals surface area contributed by atoms with Crippen LogP contribution in [0.2, 0.25) is 10.0 Å². The molecule has 188 valence electrons. The lowest BCUT2D eigenvalue weighted by atomic mass is 10.2. The molecule has 0 spiro atoms. The van der Waals surface area contributed by atoms with Crippen LogP contribution in [0.4, 0.5) is 0 Å². The lowest BCUT2D eigenvalue weighted by Gasteiger charge is -2.08. The molecular weight excluding hydrogens is 507 g/mol. The molecule has 0 aliphatic rings. The van der Waals surface area contributed by atoms with Crippen LogP contribution in [0, 0.1) is 0 Å². The van der Waals surface area contributed by atoms with E-state index >= 15 is 0 Å². The molecule has 8 nitrogen and oxygen atoms in total. The van der Waals surface area contributed by atoms with Crippen LogP contribution in [0.1, 0.15) is 18.4 Å². The summed E-state index contributed by atoms with van der Waals surface area (Å²) in [6, 6.07) is 18.5. The fourth-order valence-corrected chi connectivity index (χ4v) is 3.29. The average Bonchev–Trinajstić information content (AvgIpc) is 2.88. The van der Waals surface area contributed by atoms with Crippen molar-refractivity contribution in [1.82, 2.24) is 5.43 Å². The van der Waals surface area contributed by atoms with Crippen molar-refractivity contribution in [3.05, 3.63) is 82.3 Å². The van der Waals surface area contributed by atoms with Gasteiger partial charge in [-0.1, -0.05) is 23.2 Å². The number of amides is 1. The van der Waals surface area contributed by atoms with E-state index in [-0.39, 0.29) is 19.0 Å². The molecule has 1 N–H and O–H groups in total. The number of benzene rings is 3. The number of carbonyl (C=O) groups excluding carboxylic acids is 2. The van der Waals surface area contributed by atoms with E-state index in [0.29, 0.717) is 51.6 Å². The lowest BCUT2D eigenvalue weighted by molar-refractivity contribution is -0.134. The van der Waals surface area contributed by atoms with Crippen molar-refractivity contribution in [1.29, 1.82) is 0 Å². The summed E-state index contributed by atoms with van der Waals surface area (Å²) in [6.07, 6.45) is 2.11. The van der Waals surface area contributed by atoms with Gasteiger partial charge in [-0.15, -0.1) is 0 Å². The summed E-state index contributed by atoms with van der Waals surface area (Å²) in [5, 5.41) is 4.83. The van der Waals surface area contributed by atoms with E-state index in [1.807, 2.05) is 0 Å². The number of halogens is 2. The predicted octanol–water partition coefficient (Wildman–Crippen LogP) is 5.30. The highest BCUT2D eigenvalue weighted by atomic mass is 35.5. The van der Waals surface area contributed by atoms with Crippen molar-refractivity contribution >= 4 is 41.3 Å². The fourth-order valence-electron chi connectivity index (χ4n) is 2.83. The van der Waals surface area contributed by atoms with Crippen LogP contribution in [0.5, 0.6) is 23.0 Å². The molecule has 36 heavy (non-hydrogen) atoms. The minimum Gasteiger partial charge on any atom is -0.497 e. The molecule has 0 radical (unpaired) electrons. The summed E-state index contributed by atoms with van der Waals surface area (Å²) < 4.78 is 21.3. The second-order valence-corrected chi connectivity index (χ2v) is 8.17. The van der Waals surface area contributed by atoms with Gasteiger partial charge in [-0.2, -0.15) is 5.10 Å². The van der Waals surface area contributed by atoms with E-state index in [4.69, 9.17) is 42.1 Å². The Balaban J connectivity index is 1.33. The van der Waals surface area contributed by atoms with E-state index < -0.39 is 5.91 Å². The van der Waals surface area contributed by atoms with Crippen LogP contribution in [0.15, 0.2) is 71.8 Å². The summed E-state index contributed by atoms with van der Waals surface area (Å²) in [5.41, 5.74) is 3.09. The molecule has 1 amide bonds. The van der Waals surface area contributed by atoms with E-state index in [2.05, 4.69) is 10.5 Å². The second kappa shape index (κ2) is 14.0. The van der Waals surface area contributed by atoms with Crippen LogP contribution >= 0.6 is 23.2 Å². The Bertz CT molecular complexity index is 1180. The Morgan fingerprint density at radius 2 is 1.61 bits per heavy atom. The molecule has 0 heterocycles. The summed E-state index contributed by atoms with van der Waals surface area (Å²) in [5.74, 6) is 1.35. The number of ether oxygens (including phenoxy) is 4. The molecule has 3 aromatic rings. The number of hydrogen-bond acceptors (Lipinski definition) is 7. The first kappa shape index (κ1) is 26.8. The third-order valence-electron chi connectivity index (χ3n) is 4.62. The molecule has 0 saturated heterocycles. The SMILES string of the molecule is COc1ccc(OCC(=O)N/N=C/c2ccc(OC(=O)CCCOc3ccc(Cl)cc3Cl)cc2)cc1. The predicted molar refractivity (Wildman–Crippen MR) is 137 cm³/mol. The third kappa shape index (κ3) is 9.13. The van der Waals surface area contributed by atoms with Crippen LogP contribution < -0.4 is 24.4 Å². The monoisotopic (exact) mass is 530 g/mol. The van der Waals surface area contributed by atoms with Gasteiger partial charge in [0.1, 0.15) is 23.0 Å². The lowest BCUT2D eigenvalue weighted by Crippen LogP contribution is -2.24. The van der Waals surface area contributed by atoms with Gasteiger partial charge in [0.25, 0.3) is 5.91 Å². The van der Waals surface area contributed by atoms with Crippen molar-refractivity contribution in [3.63, 3.8) is 0 Å². The van der Waals surface area contributed by atoms with Crippen molar-refractivity contribution in [2.24, 2.45) is 5.10 Å². The maximum Gasteiger partial charge on any atom is 0.311 e. The fraction of sp³-hybridized carbons (Fsp3) is 0.192. The van der Waals surface area contributed by atoms with E-state index in [1.165, 1.54) is 6.21 Å². The van der Waals surface area contributed by atoms with Gasteiger partial charge >= 0.3 is 5.97 Å². The Kier molecular flexibility index (Phi) is 10.4. The molecule has 0 aromatic heterocycles. The highest BCUT2D eigenvalue weighted by molar-refractivity contribution is 6.35.